The molecule has 0 fully saturated rings. The van der Waals surface area contributed by atoms with Crippen LogP contribution >= 0.6 is 39.5 Å². The van der Waals surface area contributed by atoms with E-state index in [0.717, 1.165) is 16.0 Å². The summed E-state index contributed by atoms with van der Waals surface area (Å²) in [6, 6.07) is 10.7. The average Bonchev–Trinajstić information content (AvgIpc) is 3.03. The maximum Gasteiger partial charge on any atom is 0.257 e. The Labute approximate surface area is 174 Å². The lowest BCUT2D eigenvalue weighted by Crippen LogP contribution is -2.34. The van der Waals surface area contributed by atoms with Gasteiger partial charge in [-0.3, -0.25) is 10.1 Å². The minimum Gasteiger partial charge on any atom is -0.496 e. The van der Waals surface area contributed by atoms with Crippen molar-refractivity contribution in [3.63, 3.8) is 0 Å². The Morgan fingerprint density at radius 1 is 1.30 bits per heavy atom. The van der Waals surface area contributed by atoms with E-state index in [4.69, 9.17) is 21.7 Å². The number of benzene rings is 2. The fourth-order valence-electron chi connectivity index (χ4n) is 2.33. The first-order valence-electron chi connectivity index (χ1n) is 7.99. The molecule has 0 saturated carbocycles. The molecule has 0 aliphatic carbocycles. The van der Waals surface area contributed by atoms with Gasteiger partial charge >= 0.3 is 0 Å². The number of aromatic nitrogens is 1. The SMILES string of the molecule is CCOc1ccc2nc(NC(=S)NC(=O)c3ccc(OC)c(Br)c3)sc2c1. The molecule has 1 heterocycles. The van der Waals surface area contributed by atoms with Gasteiger partial charge in [0.2, 0.25) is 0 Å². The smallest absolute Gasteiger partial charge is 0.257 e. The monoisotopic (exact) mass is 465 g/mol. The molecule has 0 radical (unpaired) electrons. The highest BCUT2D eigenvalue weighted by Gasteiger charge is 2.12. The molecule has 27 heavy (non-hydrogen) atoms. The summed E-state index contributed by atoms with van der Waals surface area (Å²) in [6.07, 6.45) is 0. The number of rotatable bonds is 5. The van der Waals surface area contributed by atoms with Crippen LogP contribution in [0.5, 0.6) is 11.5 Å². The number of methoxy groups -OCH3 is 1. The first-order valence-corrected chi connectivity index (χ1v) is 10.0. The summed E-state index contributed by atoms with van der Waals surface area (Å²) in [7, 11) is 1.56. The van der Waals surface area contributed by atoms with E-state index in [-0.39, 0.29) is 11.0 Å². The highest BCUT2D eigenvalue weighted by atomic mass is 79.9. The van der Waals surface area contributed by atoms with Crippen molar-refractivity contribution in [3.8, 4) is 11.5 Å². The number of ether oxygens (including phenoxy) is 2. The molecule has 1 aromatic heterocycles. The molecule has 0 aliphatic heterocycles. The zero-order chi connectivity index (χ0) is 19.4. The first-order chi connectivity index (χ1) is 13.0. The molecule has 9 heteroatoms. The molecular weight excluding hydrogens is 450 g/mol. The summed E-state index contributed by atoms with van der Waals surface area (Å²) in [4.78, 5) is 16.8. The van der Waals surface area contributed by atoms with Crippen molar-refractivity contribution in [2.24, 2.45) is 0 Å². The second-order valence-electron chi connectivity index (χ2n) is 5.34. The fourth-order valence-corrected chi connectivity index (χ4v) is 4.02. The number of nitrogens with zero attached hydrogens (tertiary/aromatic N) is 1. The van der Waals surface area contributed by atoms with E-state index in [1.165, 1.54) is 11.3 Å². The predicted octanol–water partition coefficient (Wildman–Crippen LogP) is 4.59. The molecule has 0 unspecified atom stereocenters. The van der Waals surface area contributed by atoms with Crippen molar-refractivity contribution in [1.29, 1.82) is 0 Å². The number of anilines is 1. The second kappa shape index (κ2) is 8.64. The van der Waals surface area contributed by atoms with Gasteiger partial charge in [-0.2, -0.15) is 0 Å². The lowest BCUT2D eigenvalue weighted by molar-refractivity contribution is 0.0977. The topological polar surface area (TPSA) is 72.5 Å². The van der Waals surface area contributed by atoms with Crippen molar-refractivity contribution in [2.45, 2.75) is 6.92 Å². The highest BCUT2D eigenvalue weighted by Crippen LogP contribution is 2.29. The number of halogens is 1. The number of hydrogen-bond donors (Lipinski definition) is 2. The van der Waals surface area contributed by atoms with Gasteiger partial charge in [0.25, 0.3) is 5.91 Å². The van der Waals surface area contributed by atoms with Crippen LogP contribution in [0.25, 0.3) is 10.2 Å². The summed E-state index contributed by atoms with van der Waals surface area (Å²) < 4.78 is 12.3. The van der Waals surface area contributed by atoms with Crippen LogP contribution in [0.2, 0.25) is 0 Å². The third kappa shape index (κ3) is 4.74. The Bertz CT molecular complexity index is 1010. The minimum atomic E-state index is -0.324. The minimum absolute atomic E-state index is 0.177. The molecule has 2 aromatic carbocycles. The molecule has 140 valence electrons. The number of thiocarbonyl (C=S) groups is 1. The van der Waals surface area contributed by atoms with Crippen molar-refractivity contribution >= 4 is 65.9 Å². The second-order valence-corrected chi connectivity index (χ2v) is 7.63. The lowest BCUT2D eigenvalue weighted by atomic mass is 10.2. The Hall–Kier alpha value is -2.23. The molecule has 2 N–H and O–H groups in total. The number of carbonyl (C=O) groups is 1. The third-order valence-corrected chi connectivity index (χ3v) is 5.29. The van der Waals surface area contributed by atoms with Gasteiger partial charge in [0, 0.05) is 5.56 Å². The van der Waals surface area contributed by atoms with Crippen molar-refractivity contribution in [3.05, 3.63) is 46.4 Å². The number of amides is 1. The largest absolute Gasteiger partial charge is 0.496 e. The number of fused-ring (bicyclic) bond motifs is 1. The van der Waals surface area contributed by atoms with E-state index in [0.29, 0.717) is 27.5 Å². The van der Waals surface area contributed by atoms with E-state index in [1.54, 1.807) is 25.3 Å². The first kappa shape index (κ1) is 19.5. The van der Waals surface area contributed by atoms with Crippen molar-refractivity contribution < 1.29 is 14.3 Å². The Balaban J connectivity index is 1.67. The van der Waals surface area contributed by atoms with Crippen molar-refractivity contribution in [2.75, 3.05) is 19.0 Å². The summed E-state index contributed by atoms with van der Waals surface area (Å²) in [5, 5.41) is 6.37. The molecule has 3 aromatic rings. The van der Waals surface area contributed by atoms with Crippen LogP contribution in [0.3, 0.4) is 0 Å². The Morgan fingerprint density at radius 3 is 2.81 bits per heavy atom. The van der Waals surface area contributed by atoms with E-state index in [9.17, 15) is 4.79 Å². The number of nitrogens with one attached hydrogen (secondary N) is 2. The van der Waals surface area contributed by atoms with Crippen LogP contribution in [0.15, 0.2) is 40.9 Å². The van der Waals surface area contributed by atoms with Crippen LogP contribution in [-0.2, 0) is 0 Å². The normalized spacial score (nSPS) is 10.5. The Morgan fingerprint density at radius 2 is 2.11 bits per heavy atom. The van der Waals surface area contributed by atoms with Gasteiger partial charge in [0.15, 0.2) is 10.2 Å². The molecular formula is C18H16BrN3O3S2. The van der Waals surface area contributed by atoms with E-state index in [2.05, 4.69) is 31.5 Å². The van der Waals surface area contributed by atoms with Gasteiger partial charge in [-0.05, 0) is 71.5 Å². The maximum absolute atomic E-state index is 12.4. The molecule has 0 atom stereocenters. The van der Waals surface area contributed by atoms with Crippen LogP contribution in [0.1, 0.15) is 17.3 Å². The van der Waals surface area contributed by atoms with E-state index in [1.807, 2.05) is 25.1 Å². The molecule has 3 rings (SSSR count). The predicted molar refractivity (Wildman–Crippen MR) is 115 cm³/mol. The van der Waals surface area contributed by atoms with Crippen molar-refractivity contribution in [1.82, 2.24) is 10.3 Å². The zero-order valence-electron chi connectivity index (χ0n) is 14.5. The van der Waals surface area contributed by atoms with Gasteiger partial charge in [-0.15, -0.1) is 0 Å². The average molecular weight is 466 g/mol. The maximum atomic E-state index is 12.4. The van der Waals surface area contributed by atoms with Gasteiger partial charge in [-0.1, -0.05) is 11.3 Å². The van der Waals surface area contributed by atoms with Gasteiger partial charge in [-0.25, -0.2) is 4.98 Å². The summed E-state index contributed by atoms with van der Waals surface area (Å²) in [5.41, 5.74) is 1.29. The van der Waals surface area contributed by atoms with Crippen LogP contribution in [-0.4, -0.2) is 29.7 Å². The van der Waals surface area contributed by atoms with E-state index >= 15 is 0 Å². The zero-order valence-corrected chi connectivity index (χ0v) is 17.8. The summed E-state index contributed by atoms with van der Waals surface area (Å²) in [5.74, 6) is 1.12. The number of carbonyl (C=O) groups excluding carboxylic acids is 1. The quantitative estimate of drug-likeness (QED) is 0.536. The molecule has 1 amide bonds. The fraction of sp³-hybridized carbons (Fsp3) is 0.167. The third-order valence-electron chi connectivity index (χ3n) is 3.53. The van der Waals surface area contributed by atoms with Gasteiger partial charge in [0.1, 0.15) is 11.5 Å². The number of hydrogen-bond acceptors (Lipinski definition) is 6. The molecule has 0 aliphatic rings. The van der Waals surface area contributed by atoms with Gasteiger partial charge < -0.3 is 14.8 Å². The van der Waals surface area contributed by atoms with E-state index < -0.39 is 0 Å². The molecule has 0 bridgehead atoms. The lowest BCUT2D eigenvalue weighted by Gasteiger charge is -2.08. The standard InChI is InChI=1S/C18H16BrN3O3S2/c1-3-25-11-5-6-13-15(9-11)27-18(20-13)22-17(26)21-16(23)10-4-7-14(24-2)12(19)8-10/h4-9H,3H2,1-2H3,(H2,20,21,22,23,26). The summed E-state index contributed by atoms with van der Waals surface area (Å²) in [6.45, 7) is 2.54. The summed E-state index contributed by atoms with van der Waals surface area (Å²) >= 11 is 10.0. The highest BCUT2D eigenvalue weighted by molar-refractivity contribution is 9.10. The molecule has 0 saturated heterocycles. The number of thiazole rings is 1. The Kier molecular flexibility index (Phi) is 6.25. The van der Waals surface area contributed by atoms with Crippen LogP contribution in [0.4, 0.5) is 5.13 Å². The molecule has 0 spiro atoms. The van der Waals surface area contributed by atoms with Crippen LogP contribution < -0.4 is 20.1 Å². The van der Waals surface area contributed by atoms with Gasteiger partial charge in [0.05, 0.1) is 28.4 Å². The van der Waals surface area contributed by atoms with Crippen LogP contribution in [0, 0.1) is 0 Å². The molecule has 6 nitrogen and oxygen atoms in total.